The van der Waals surface area contributed by atoms with Crippen molar-refractivity contribution in [2.75, 3.05) is 30.3 Å². The van der Waals surface area contributed by atoms with E-state index in [9.17, 15) is 9.50 Å². The summed E-state index contributed by atoms with van der Waals surface area (Å²) in [6.45, 7) is 1.37. The maximum absolute atomic E-state index is 14.5. The van der Waals surface area contributed by atoms with Gasteiger partial charge in [0, 0.05) is 30.7 Å². The van der Waals surface area contributed by atoms with E-state index < -0.39 is 11.9 Å². The lowest BCUT2D eigenvalue weighted by atomic mass is 9.48. The van der Waals surface area contributed by atoms with Crippen LogP contribution < -0.4 is 16.0 Å². The van der Waals surface area contributed by atoms with E-state index in [4.69, 9.17) is 16.7 Å². The van der Waals surface area contributed by atoms with Gasteiger partial charge in [-0.1, -0.05) is 29.8 Å². The van der Waals surface area contributed by atoms with Crippen LogP contribution in [0.25, 0.3) is 0 Å². The summed E-state index contributed by atoms with van der Waals surface area (Å²) in [5.74, 6) is 1.96. The molecule has 0 aliphatic heterocycles. The molecule has 6 atom stereocenters. The Bertz CT molecular complexity index is 995. The Kier molecular flexibility index (Phi) is 6.93. The second kappa shape index (κ2) is 9.93. The molecule has 1 aromatic carbocycles. The van der Waals surface area contributed by atoms with Crippen molar-refractivity contribution in [2.45, 2.75) is 50.8 Å². The van der Waals surface area contributed by atoms with Gasteiger partial charge in [0.2, 0.25) is 5.95 Å². The summed E-state index contributed by atoms with van der Waals surface area (Å²) in [6.07, 6.45) is 6.26. The molecule has 2 aromatic rings. The van der Waals surface area contributed by atoms with Gasteiger partial charge >= 0.3 is 0 Å². The van der Waals surface area contributed by atoms with E-state index >= 15 is 0 Å². The van der Waals surface area contributed by atoms with E-state index in [0.717, 1.165) is 18.4 Å². The molecule has 4 saturated carbocycles. The van der Waals surface area contributed by atoms with Gasteiger partial charge in [0.15, 0.2) is 11.6 Å². The minimum atomic E-state index is -0.714. The van der Waals surface area contributed by atoms with Crippen molar-refractivity contribution in [1.29, 1.82) is 0 Å². The lowest BCUT2D eigenvalue weighted by Gasteiger charge is -2.60. The number of nitrogens with zero attached hydrogens (tertiary/aromatic N) is 2. The quantitative estimate of drug-likeness (QED) is 0.348. The highest BCUT2D eigenvalue weighted by Gasteiger charge is 2.55. The first-order valence-corrected chi connectivity index (χ1v) is 12.6. The number of halogens is 2. The maximum atomic E-state index is 14.5. The molecule has 1 aromatic heterocycles. The third-order valence-corrected chi connectivity index (χ3v) is 8.34. The van der Waals surface area contributed by atoms with Crippen LogP contribution in [-0.2, 0) is 6.54 Å². The molecule has 0 radical (unpaired) electrons. The Balaban J connectivity index is 1.21. The smallest absolute Gasteiger partial charge is 0.225 e. The topological polar surface area (TPSA) is 102 Å². The number of aromatic nitrogens is 2. The Labute approximate surface area is 204 Å². The van der Waals surface area contributed by atoms with Crippen molar-refractivity contribution in [3.8, 4) is 0 Å². The van der Waals surface area contributed by atoms with E-state index in [1.54, 1.807) is 0 Å². The van der Waals surface area contributed by atoms with Crippen LogP contribution in [-0.4, -0.2) is 52.0 Å². The zero-order chi connectivity index (χ0) is 23.7. The van der Waals surface area contributed by atoms with Crippen molar-refractivity contribution in [1.82, 2.24) is 15.3 Å². The normalized spacial score (nSPS) is 30.4. The Morgan fingerprint density at radius 3 is 2.65 bits per heavy atom. The Morgan fingerprint density at radius 2 is 1.91 bits per heavy atom. The van der Waals surface area contributed by atoms with Gasteiger partial charge < -0.3 is 26.2 Å². The molecule has 0 saturated heterocycles. The summed E-state index contributed by atoms with van der Waals surface area (Å²) < 4.78 is 14.5. The molecule has 0 amide bonds. The van der Waals surface area contributed by atoms with Gasteiger partial charge in [-0.05, 0) is 66.9 Å². The molecule has 4 aliphatic carbocycles. The van der Waals surface area contributed by atoms with Crippen LogP contribution in [0.2, 0.25) is 5.02 Å². The van der Waals surface area contributed by atoms with Crippen molar-refractivity contribution < 1.29 is 14.6 Å². The average Bonchev–Trinajstić information content (AvgIpc) is 2.82. The minimum absolute atomic E-state index is 0.146. The molecule has 9 heteroatoms. The summed E-state index contributed by atoms with van der Waals surface area (Å²) in [5, 5.41) is 29.5. The molecule has 4 bridgehead atoms. The van der Waals surface area contributed by atoms with Crippen LogP contribution in [0.1, 0.15) is 37.7 Å². The number of benzene rings is 1. The van der Waals surface area contributed by atoms with Gasteiger partial charge in [-0.2, -0.15) is 4.98 Å². The van der Waals surface area contributed by atoms with Crippen LogP contribution in [0.5, 0.6) is 0 Å². The fraction of sp³-hybridized carbons (Fsp3) is 0.600. The first-order valence-electron chi connectivity index (χ1n) is 12.2. The zero-order valence-corrected chi connectivity index (χ0v) is 19.9. The van der Waals surface area contributed by atoms with Crippen LogP contribution in [0.4, 0.5) is 16.2 Å². The molecular formula is C25H33ClFN5O2. The molecule has 4 fully saturated rings. The molecule has 5 N–H and O–H groups in total. The summed E-state index contributed by atoms with van der Waals surface area (Å²) in [7, 11) is 0. The van der Waals surface area contributed by atoms with Crippen LogP contribution in [0.15, 0.2) is 30.5 Å². The van der Waals surface area contributed by atoms with Gasteiger partial charge in [0.25, 0.3) is 0 Å². The van der Waals surface area contributed by atoms with E-state index in [2.05, 4.69) is 25.9 Å². The van der Waals surface area contributed by atoms with Crippen molar-refractivity contribution in [3.05, 3.63) is 46.9 Å². The van der Waals surface area contributed by atoms with Crippen LogP contribution in [0, 0.1) is 29.0 Å². The molecular weight excluding hydrogens is 457 g/mol. The molecule has 6 rings (SSSR count). The molecule has 34 heavy (non-hydrogen) atoms. The van der Waals surface area contributed by atoms with Crippen LogP contribution >= 0.6 is 11.6 Å². The number of rotatable bonds is 10. The number of aliphatic hydroxyl groups excluding tert-OH is 2. The number of anilines is 2. The predicted octanol–water partition coefficient (Wildman–Crippen LogP) is 3.43. The third-order valence-electron chi connectivity index (χ3n) is 7.97. The summed E-state index contributed by atoms with van der Waals surface area (Å²) in [6, 6.07) is 7.95. The minimum Gasteiger partial charge on any atom is -0.394 e. The van der Waals surface area contributed by atoms with Gasteiger partial charge in [-0.25, -0.2) is 9.37 Å². The molecule has 4 unspecified atom stereocenters. The highest BCUT2D eigenvalue weighted by atomic mass is 35.5. The first-order chi connectivity index (χ1) is 16.4. The van der Waals surface area contributed by atoms with Crippen molar-refractivity contribution in [3.63, 3.8) is 0 Å². The Morgan fingerprint density at radius 1 is 1.15 bits per heavy atom. The van der Waals surface area contributed by atoms with Crippen molar-refractivity contribution >= 4 is 23.4 Å². The lowest BCUT2D eigenvalue weighted by molar-refractivity contribution is -0.0719. The summed E-state index contributed by atoms with van der Waals surface area (Å²) >= 11 is 6.22. The molecule has 0 spiro atoms. The highest BCUT2D eigenvalue weighted by molar-refractivity contribution is 6.31. The second-order valence-electron chi connectivity index (χ2n) is 10.4. The standard InChI is InChI=1S/C25H33ClFN5O2/c26-20-4-2-1-3-16(20)10-29-24-30-12-21(27)23(32-24)31-14-25-7-15-5-17(8-25)22(18(6-15)9-25)28-11-19(34)13-33/h1-4,12,15,17-19,22,28,33-34H,5-11,13-14H2,(H2,29,30,31,32)/t15?,17-,18+,19?,22?,25?. The number of hydrogen-bond acceptors (Lipinski definition) is 7. The largest absolute Gasteiger partial charge is 0.394 e. The van der Waals surface area contributed by atoms with Crippen LogP contribution in [0.3, 0.4) is 0 Å². The van der Waals surface area contributed by atoms with Gasteiger partial charge in [-0.3, -0.25) is 0 Å². The highest BCUT2D eigenvalue weighted by Crippen LogP contribution is 2.60. The van der Waals surface area contributed by atoms with Gasteiger partial charge in [0.05, 0.1) is 18.9 Å². The fourth-order valence-corrected chi connectivity index (χ4v) is 6.95. The molecule has 1 heterocycles. The number of nitrogens with one attached hydrogen (secondary N) is 3. The second-order valence-corrected chi connectivity index (χ2v) is 10.8. The van der Waals surface area contributed by atoms with Crippen molar-refractivity contribution in [2.24, 2.45) is 23.2 Å². The monoisotopic (exact) mass is 489 g/mol. The first kappa shape index (κ1) is 23.7. The summed E-state index contributed by atoms with van der Waals surface area (Å²) in [5.41, 5.74) is 1.07. The molecule has 4 aliphatic rings. The summed E-state index contributed by atoms with van der Waals surface area (Å²) in [4.78, 5) is 8.48. The molecule has 184 valence electrons. The number of hydrogen-bond donors (Lipinski definition) is 5. The van der Waals surface area contributed by atoms with E-state index in [1.165, 1.54) is 25.5 Å². The van der Waals surface area contributed by atoms with E-state index in [1.807, 2.05) is 24.3 Å². The zero-order valence-electron chi connectivity index (χ0n) is 19.2. The fourth-order valence-electron chi connectivity index (χ4n) is 6.74. The Hall–Kier alpha value is -2.00. The molecule has 7 nitrogen and oxygen atoms in total. The average molecular weight is 490 g/mol. The SMILES string of the molecule is OCC(O)CNC1[C@@H]2CC3C[C@H]1CC(CNc1nc(NCc4ccccc4Cl)ncc1F)(C3)C2. The maximum Gasteiger partial charge on any atom is 0.225 e. The predicted molar refractivity (Wildman–Crippen MR) is 130 cm³/mol. The van der Waals surface area contributed by atoms with E-state index in [0.29, 0.717) is 54.4 Å². The lowest BCUT2D eigenvalue weighted by Crippen LogP contribution is -2.60. The van der Waals surface area contributed by atoms with Gasteiger partial charge in [-0.15, -0.1) is 0 Å². The number of aliphatic hydroxyl groups is 2. The van der Waals surface area contributed by atoms with E-state index in [-0.39, 0.29) is 17.8 Å². The van der Waals surface area contributed by atoms with Gasteiger partial charge in [0.1, 0.15) is 0 Å². The third kappa shape index (κ3) is 5.00.